The Kier molecular flexibility index (Phi) is 1.80. The van der Waals surface area contributed by atoms with Gasteiger partial charge in [0.1, 0.15) is 0 Å². The van der Waals surface area contributed by atoms with E-state index in [9.17, 15) is 0 Å². The highest BCUT2D eigenvalue weighted by Crippen LogP contribution is 2.26. The molecule has 0 aromatic heterocycles. The molecule has 0 aromatic carbocycles. The molecular weight excluding hydrogens is 124 g/mol. The lowest BCUT2D eigenvalue weighted by Crippen LogP contribution is -2.22. The predicted molar refractivity (Wildman–Crippen MR) is 45.3 cm³/mol. The zero-order valence-corrected chi connectivity index (χ0v) is 7.70. The molecule has 0 bridgehead atoms. The first-order valence-electron chi connectivity index (χ1n) is 3.80. The summed E-state index contributed by atoms with van der Waals surface area (Å²) in [7, 11) is -0.863. The minimum absolute atomic E-state index is 0.863. The summed E-state index contributed by atoms with van der Waals surface area (Å²) in [5, 5.41) is 1.79. The Hall–Kier alpha value is -0.0431. The highest BCUT2D eigenvalue weighted by atomic mass is 28.3. The molecule has 0 saturated carbocycles. The number of hydrogen-bond acceptors (Lipinski definition) is 0. The molecule has 1 aliphatic carbocycles. The van der Waals surface area contributed by atoms with Gasteiger partial charge in [0.15, 0.2) is 0 Å². The first kappa shape index (κ1) is 7.07. The normalized spacial score (nSPS) is 20.1. The molecule has 0 nitrogen and oxygen atoms in total. The van der Waals surface area contributed by atoms with E-state index in [1.165, 1.54) is 19.3 Å². The molecule has 0 radical (unpaired) electrons. The van der Waals surface area contributed by atoms with E-state index >= 15 is 0 Å². The lowest BCUT2D eigenvalue weighted by molar-refractivity contribution is 0.920. The van der Waals surface area contributed by atoms with Gasteiger partial charge in [0, 0.05) is 0 Å². The van der Waals surface area contributed by atoms with Gasteiger partial charge in [-0.2, -0.15) is 0 Å². The second-order valence-corrected chi connectivity index (χ2v) is 9.01. The molecule has 0 heterocycles. The molecular formula is C8H16Si. The van der Waals surface area contributed by atoms with Gasteiger partial charge in [-0.05, 0) is 19.3 Å². The smallest absolute Gasteiger partial charge is 0.0720 e. The molecule has 0 aliphatic heterocycles. The Morgan fingerprint density at radius 3 is 2.22 bits per heavy atom. The molecule has 0 saturated heterocycles. The second kappa shape index (κ2) is 2.29. The maximum atomic E-state index is 2.46. The minimum Gasteiger partial charge on any atom is -0.0892 e. The van der Waals surface area contributed by atoms with E-state index in [-0.39, 0.29) is 0 Å². The van der Waals surface area contributed by atoms with Crippen LogP contribution < -0.4 is 0 Å². The van der Waals surface area contributed by atoms with E-state index in [4.69, 9.17) is 0 Å². The summed E-state index contributed by atoms with van der Waals surface area (Å²) in [6, 6.07) is 0. The topological polar surface area (TPSA) is 0 Å². The molecule has 0 aromatic rings. The molecule has 0 fully saturated rings. The Morgan fingerprint density at radius 2 is 2.00 bits per heavy atom. The lowest BCUT2D eigenvalue weighted by atomic mass is 10.4. The fourth-order valence-electron chi connectivity index (χ4n) is 1.35. The lowest BCUT2D eigenvalue weighted by Gasteiger charge is -2.16. The Labute approximate surface area is 59.0 Å². The Balaban J connectivity index is 2.61. The van der Waals surface area contributed by atoms with Crippen LogP contribution in [0.25, 0.3) is 0 Å². The molecule has 1 aliphatic rings. The van der Waals surface area contributed by atoms with Gasteiger partial charge in [-0.3, -0.25) is 0 Å². The average Bonchev–Trinajstić information content (AvgIpc) is 2.08. The van der Waals surface area contributed by atoms with Crippen LogP contribution in [0.15, 0.2) is 11.3 Å². The maximum absolute atomic E-state index is 2.46. The first-order valence-corrected chi connectivity index (χ1v) is 7.30. The van der Waals surface area contributed by atoms with Gasteiger partial charge in [-0.25, -0.2) is 0 Å². The molecule has 0 amide bonds. The van der Waals surface area contributed by atoms with Crippen LogP contribution in [0.1, 0.15) is 19.3 Å². The van der Waals surface area contributed by atoms with Crippen molar-refractivity contribution in [2.75, 3.05) is 0 Å². The third-order valence-electron chi connectivity index (χ3n) is 2.00. The molecule has 1 heteroatoms. The first-order chi connectivity index (χ1) is 4.11. The van der Waals surface area contributed by atoms with Gasteiger partial charge in [-0.15, -0.1) is 0 Å². The van der Waals surface area contributed by atoms with Gasteiger partial charge in [0.05, 0.1) is 8.07 Å². The van der Waals surface area contributed by atoms with Crippen molar-refractivity contribution < 1.29 is 0 Å². The number of rotatable bonds is 1. The molecule has 0 spiro atoms. The van der Waals surface area contributed by atoms with Crippen LogP contribution in [0.4, 0.5) is 0 Å². The van der Waals surface area contributed by atoms with Crippen molar-refractivity contribution in [3.05, 3.63) is 11.3 Å². The Morgan fingerprint density at radius 1 is 1.33 bits per heavy atom. The fraction of sp³-hybridized carbons (Fsp3) is 0.750. The van der Waals surface area contributed by atoms with Gasteiger partial charge in [0.2, 0.25) is 0 Å². The predicted octanol–water partition coefficient (Wildman–Crippen LogP) is 2.97. The van der Waals surface area contributed by atoms with E-state index in [2.05, 4.69) is 25.7 Å². The van der Waals surface area contributed by atoms with Crippen LogP contribution in [-0.2, 0) is 0 Å². The van der Waals surface area contributed by atoms with Gasteiger partial charge >= 0.3 is 0 Å². The van der Waals surface area contributed by atoms with Crippen molar-refractivity contribution in [2.45, 2.75) is 38.9 Å². The summed E-state index contributed by atoms with van der Waals surface area (Å²) in [6.45, 7) is 7.30. The third-order valence-corrected chi connectivity index (χ3v) is 4.39. The third kappa shape index (κ3) is 1.68. The van der Waals surface area contributed by atoms with Gasteiger partial charge in [-0.1, -0.05) is 30.9 Å². The second-order valence-electron chi connectivity index (χ2n) is 3.87. The summed E-state index contributed by atoms with van der Waals surface area (Å²) in [6.07, 6.45) is 6.63. The molecule has 0 N–H and O–H groups in total. The summed E-state index contributed by atoms with van der Waals surface area (Å²) in [4.78, 5) is 0. The monoisotopic (exact) mass is 140 g/mol. The summed E-state index contributed by atoms with van der Waals surface area (Å²) >= 11 is 0. The van der Waals surface area contributed by atoms with Gasteiger partial charge in [0.25, 0.3) is 0 Å². The molecule has 9 heavy (non-hydrogen) atoms. The highest BCUT2D eigenvalue weighted by Gasteiger charge is 2.20. The van der Waals surface area contributed by atoms with Crippen molar-refractivity contribution in [2.24, 2.45) is 0 Å². The van der Waals surface area contributed by atoms with Gasteiger partial charge < -0.3 is 0 Å². The summed E-state index contributed by atoms with van der Waals surface area (Å²) in [5.41, 5.74) is 0. The van der Waals surface area contributed by atoms with E-state index in [0.717, 1.165) is 0 Å². The van der Waals surface area contributed by atoms with Crippen molar-refractivity contribution in [1.82, 2.24) is 0 Å². The molecule has 0 atom stereocenters. The fourth-order valence-corrected chi connectivity index (χ4v) is 3.04. The average molecular weight is 140 g/mol. The SMILES string of the molecule is C[Si](C)(C)C1=CCCC1. The largest absolute Gasteiger partial charge is 0.0892 e. The standard InChI is InChI=1S/C8H16Si/c1-9(2,3)8-6-4-5-7-8/h6H,4-5,7H2,1-3H3. The van der Waals surface area contributed by atoms with Crippen molar-refractivity contribution >= 4 is 8.07 Å². The maximum Gasteiger partial charge on any atom is 0.0720 e. The summed E-state index contributed by atoms with van der Waals surface area (Å²) in [5.74, 6) is 0. The number of hydrogen-bond donors (Lipinski definition) is 0. The van der Waals surface area contributed by atoms with Crippen LogP contribution in [0.2, 0.25) is 19.6 Å². The zero-order chi connectivity index (χ0) is 6.91. The molecule has 1 rings (SSSR count). The zero-order valence-electron chi connectivity index (χ0n) is 6.70. The van der Waals surface area contributed by atoms with Crippen molar-refractivity contribution in [3.63, 3.8) is 0 Å². The van der Waals surface area contributed by atoms with Crippen LogP contribution in [-0.4, -0.2) is 8.07 Å². The van der Waals surface area contributed by atoms with E-state index in [1.54, 1.807) is 5.20 Å². The van der Waals surface area contributed by atoms with Crippen molar-refractivity contribution in [1.29, 1.82) is 0 Å². The van der Waals surface area contributed by atoms with E-state index < -0.39 is 8.07 Å². The highest BCUT2D eigenvalue weighted by molar-refractivity contribution is 6.83. The molecule has 0 unspecified atom stereocenters. The minimum atomic E-state index is -0.863. The van der Waals surface area contributed by atoms with Crippen LogP contribution in [0, 0.1) is 0 Å². The van der Waals surface area contributed by atoms with Crippen LogP contribution >= 0.6 is 0 Å². The van der Waals surface area contributed by atoms with Crippen LogP contribution in [0.3, 0.4) is 0 Å². The van der Waals surface area contributed by atoms with Crippen LogP contribution in [0.5, 0.6) is 0 Å². The quantitative estimate of drug-likeness (QED) is 0.491. The molecule has 52 valence electrons. The number of allylic oxidation sites excluding steroid dienone is 2. The van der Waals surface area contributed by atoms with E-state index in [0.29, 0.717) is 0 Å². The van der Waals surface area contributed by atoms with Crippen molar-refractivity contribution in [3.8, 4) is 0 Å². The Bertz CT molecular complexity index is 128. The summed E-state index contributed by atoms with van der Waals surface area (Å²) < 4.78 is 0. The van der Waals surface area contributed by atoms with E-state index in [1.807, 2.05) is 0 Å².